The predicted molar refractivity (Wildman–Crippen MR) is 95.4 cm³/mol. The summed E-state index contributed by atoms with van der Waals surface area (Å²) in [6, 6.07) is 10.7. The second kappa shape index (κ2) is 5.86. The highest BCUT2D eigenvalue weighted by molar-refractivity contribution is 5.80. The minimum atomic E-state index is -0.344. The van der Waals surface area contributed by atoms with Crippen LogP contribution in [0.4, 0.5) is 16.4 Å². The first-order valence-corrected chi connectivity index (χ1v) is 7.93. The van der Waals surface area contributed by atoms with E-state index in [1.165, 1.54) is 17.7 Å². The van der Waals surface area contributed by atoms with Crippen LogP contribution in [0.1, 0.15) is 5.56 Å². The zero-order chi connectivity index (χ0) is 17.6. The van der Waals surface area contributed by atoms with Crippen LogP contribution >= 0.6 is 0 Å². The fourth-order valence-corrected chi connectivity index (χ4v) is 2.86. The normalized spacial score (nSPS) is 11.7. The molecule has 0 saturated carbocycles. The number of fused-ring (bicyclic) bond motifs is 2. The molecule has 128 valence electrons. The summed E-state index contributed by atoms with van der Waals surface area (Å²) in [4.78, 5) is 11.0. The lowest BCUT2D eigenvalue weighted by Crippen LogP contribution is -2.10. The van der Waals surface area contributed by atoms with Crippen molar-refractivity contribution >= 4 is 34.1 Å². The van der Waals surface area contributed by atoms with Gasteiger partial charge in [-0.3, -0.25) is 5.32 Å². The molecule has 0 atom stereocenters. The Morgan fingerprint density at radius 1 is 1.12 bits per heavy atom. The second-order valence-electron chi connectivity index (χ2n) is 6.31. The SMILES string of the molecule is CN(C)Cc1ccc2nc(Nc3nc4cc(F)ccc4o3)n(C)c2c1. The zero-order valence-corrected chi connectivity index (χ0v) is 14.2. The third kappa shape index (κ3) is 2.94. The van der Waals surface area contributed by atoms with Crippen LogP contribution in [0.25, 0.3) is 22.1 Å². The monoisotopic (exact) mass is 339 g/mol. The Kier molecular flexibility index (Phi) is 3.65. The highest BCUT2D eigenvalue weighted by Crippen LogP contribution is 2.25. The van der Waals surface area contributed by atoms with E-state index in [0.29, 0.717) is 17.0 Å². The van der Waals surface area contributed by atoms with Crippen LogP contribution in [0.5, 0.6) is 0 Å². The van der Waals surface area contributed by atoms with Gasteiger partial charge in [0.15, 0.2) is 5.58 Å². The smallest absolute Gasteiger partial charge is 0.302 e. The van der Waals surface area contributed by atoms with Gasteiger partial charge in [-0.15, -0.1) is 0 Å². The molecule has 0 amide bonds. The number of aromatic nitrogens is 3. The van der Waals surface area contributed by atoms with Crippen molar-refractivity contribution in [3.8, 4) is 0 Å². The standard InChI is InChI=1S/C18H18FN5O/c1-23(2)10-11-4-6-13-15(8-11)24(3)17(20-13)22-18-21-14-9-12(19)5-7-16(14)25-18/h4-9H,10H2,1-3H3,(H,20,21,22). The van der Waals surface area contributed by atoms with Crippen LogP contribution in [0, 0.1) is 5.82 Å². The van der Waals surface area contributed by atoms with Crippen molar-refractivity contribution in [1.29, 1.82) is 0 Å². The maximum absolute atomic E-state index is 13.3. The van der Waals surface area contributed by atoms with Crippen molar-refractivity contribution in [2.45, 2.75) is 6.54 Å². The Labute approximate surface area is 143 Å². The third-order valence-corrected chi connectivity index (χ3v) is 4.01. The van der Waals surface area contributed by atoms with Gasteiger partial charge in [0, 0.05) is 19.7 Å². The van der Waals surface area contributed by atoms with Gasteiger partial charge in [-0.2, -0.15) is 4.98 Å². The molecule has 7 heteroatoms. The molecule has 1 N–H and O–H groups in total. The number of benzene rings is 2. The van der Waals surface area contributed by atoms with Crippen molar-refractivity contribution in [2.24, 2.45) is 7.05 Å². The van der Waals surface area contributed by atoms with E-state index in [1.807, 2.05) is 31.8 Å². The van der Waals surface area contributed by atoms with Crippen LogP contribution < -0.4 is 5.32 Å². The molecule has 0 bridgehead atoms. The lowest BCUT2D eigenvalue weighted by molar-refractivity contribution is 0.402. The molecule has 2 aromatic carbocycles. The number of aryl methyl sites for hydroxylation is 1. The molecular weight excluding hydrogens is 321 g/mol. The summed E-state index contributed by atoms with van der Waals surface area (Å²) >= 11 is 0. The van der Waals surface area contributed by atoms with Crippen molar-refractivity contribution in [2.75, 3.05) is 19.4 Å². The molecule has 0 aliphatic rings. The van der Waals surface area contributed by atoms with Gasteiger partial charge >= 0.3 is 6.01 Å². The number of imidazole rings is 1. The minimum absolute atomic E-state index is 0.285. The number of anilines is 2. The number of oxazole rings is 1. The lowest BCUT2D eigenvalue weighted by Gasteiger charge is -2.09. The summed E-state index contributed by atoms with van der Waals surface area (Å²) < 4.78 is 20.8. The summed E-state index contributed by atoms with van der Waals surface area (Å²) in [7, 11) is 6.01. The molecular formula is C18H18FN5O. The summed E-state index contributed by atoms with van der Waals surface area (Å²) in [6.07, 6.45) is 0. The van der Waals surface area contributed by atoms with Crippen LogP contribution in [-0.4, -0.2) is 33.5 Å². The van der Waals surface area contributed by atoms with Crippen LogP contribution in [0.2, 0.25) is 0 Å². The molecule has 0 spiro atoms. The van der Waals surface area contributed by atoms with Gasteiger partial charge in [0.25, 0.3) is 0 Å². The van der Waals surface area contributed by atoms with Crippen molar-refractivity contribution in [3.63, 3.8) is 0 Å². The van der Waals surface area contributed by atoms with Crippen molar-refractivity contribution in [3.05, 3.63) is 47.8 Å². The van der Waals surface area contributed by atoms with Crippen LogP contribution in [-0.2, 0) is 13.6 Å². The molecule has 0 radical (unpaired) electrons. The summed E-state index contributed by atoms with van der Waals surface area (Å²) in [5.74, 6) is 0.271. The van der Waals surface area contributed by atoms with E-state index in [1.54, 1.807) is 6.07 Å². The fraction of sp³-hybridized carbons (Fsp3) is 0.222. The first-order valence-electron chi connectivity index (χ1n) is 7.93. The van der Waals surface area contributed by atoms with Crippen LogP contribution in [0.3, 0.4) is 0 Å². The lowest BCUT2D eigenvalue weighted by atomic mass is 10.2. The Morgan fingerprint density at radius 3 is 2.76 bits per heavy atom. The van der Waals surface area contributed by atoms with Gasteiger partial charge in [0.2, 0.25) is 5.95 Å². The number of halogens is 1. The minimum Gasteiger partial charge on any atom is -0.423 e. The largest absolute Gasteiger partial charge is 0.423 e. The molecule has 4 rings (SSSR count). The molecule has 2 heterocycles. The van der Waals surface area contributed by atoms with Crippen LogP contribution in [0.15, 0.2) is 40.8 Å². The maximum atomic E-state index is 13.3. The molecule has 0 unspecified atom stereocenters. The number of hydrogen-bond acceptors (Lipinski definition) is 5. The van der Waals surface area contributed by atoms with E-state index in [-0.39, 0.29) is 11.8 Å². The zero-order valence-electron chi connectivity index (χ0n) is 14.2. The Morgan fingerprint density at radius 2 is 1.96 bits per heavy atom. The quantitative estimate of drug-likeness (QED) is 0.615. The van der Waals surface area contributed by atoms with Gasteiger partial charge in [-0.1, -0.05) is 6.07 Å². The van der Waals surface area contributed by atoms with Crippen molar-refractivity contribution in [1.82, 2.24) is 19.4 Å². The van der Waals surface area contributed by atoms with Gasteiger partial charge in [0.05, 0.1) is 11.0 Å². The average Bonchev–Trinajstić information content (AvgIpc) is 3.08. The molecule has 0 aliphatic carbocycles. The molecule has 6 nitrogen and oxygen atoms in total. The Hall–Kier alpha value is -2.93. The Bertz CT molecular complexity index is 1070. The topological polar surface area (TPSA) is 59.1 Å². The first-order chi connectivity index (χ1) is 12.0. The maximum Gasteiger partial charge on any atom is 0.302 e. The number of nitrogens with zero attached hydrogens (tertiary/aromatic N) is 4. The first kappa shape index (κ1) is 15.6. The van der Waals surface area contributed by atoms with E-state index in [4.69, 9.17) is 4.42 Å². The molecule has 25 heavy (non-hydrogen) atoms. The van der Waals surface area contributed by atoms with Gasteiger partial charge in [-0.05, 0) is 43.9 Å². The predicted octanol–water partition coefficient (Wildman–Crippen LogP) is 3.66. The fourth-order valence-electron chi connectivity index (χ4n) is 2.86. The molecule has 0 saturated heterocycles. The van der Waals surface area contributed by atoms with Gasteiger partial charge in [-0.25, -0.2) is 9.37 Å². The van der Waals surface area contributed by atoms with Gasteiger partial charge < -0.3 is 13.9 Å². The number of nitrogens with one attached hydrogen (secondary N) is 1. The van der Waals surface area contributed by atoms with Gasteiger partial charge in [0.1, 0.15) is 11.3 Å². The second-order valence-corrected chi connectivity index (χ2v) is 6.31. The number of rotatable bonds is 4. The molecule has 4 aromatic rings. The van der Waals surface area contributed by atoms with E-state index >= 15 is 0 Å². The summed E-state index contributed by atoms with van der Waals surface area (Å²) in [6.45, 7) is 0.862. The highest BCUT2D eigenvalue weighted by atomic mass is 19.1. The average molecular weight is 339 g/mol. The van der Waals surface area contributed by atoms with E-state index in [9.17, 15) is 4.39 Å². The third-order valence-electron chi connectivity index (χ3n) is 4.01. The molecule has 0 fully saturated rings. The van der Waals surface area contributed by atoms with E-state index < -0.39 is 0 Å². The van der Waals surface area contributed by atoms with Crippen molar-refractivity contribution < 1.29 is 8.81 Å². The van der Waals surface area contributed by atoms with E-state index in [0.717, 1.165) is 17.6 Å². The summed E-state index contributed by atoms with van der Waals surface area (Å²) in [5.41, 5.74) is 4.11. The molecule has 2 aromatic heterocycles. The Balaban J connectivity index is 1.69. The highest BCUT2D eigenvalue weighted by Gasteiger charge is 2.12. The number of hydrogen-bond donors (Lipinski definition) is 1. The summed E-state index contributed by atoms with van der Waals surface area (Å²) in [5, 5.41) is 3.07. The molecule has 0 aliphatic heterocycles. The van der Waals surface area contributed by atoms with E-state index in [2.05, 4.69) is 32.3 Å².